The van der Waals surface area contributed by atoms with E-state index in [0.29, 0.717) is 0 Å². The number of nitriles is 1. The van der Waals surface area contributed by atoms with Crippen LogP contribution in [0, 0.1) is 11.5 Å². The Morgan fingerprint density at radius 2 is 1.78 bits per heavy atom. The van der Waals surface area contributed by atoms with Crippen LogP contribution in [0.2, 0.25) is 0 Å². The van der Waals surface area contributed by atoms with Crippen molar-refractivity contribution in [3.05, 3.63) is 0 Å². The Morgan fingerprint density at radius 1 is 1.44 bits per heavy atom. The fraction of sp³-hybridized carbons (Fsp3) is 0. The maximum absolute atomic E-state index is 7.66. The van der Waals surface area contributed by atoms with Gasteiger partial charge in [-0.25, -0.2) is 0 Å². The van der Waals surface area contributed by atoms with E-state index in [4.69, 9.17) is 15.3 Å². The van der Waals surface area contributed by atoms with Crippen molar-refractivity contribution in [1.29, 1.82) is 5.26 Å². The van der Waals surface area contributed by atoms with Gasteiger partial charge in [0.25, 0.3) is 6.26 Å². The minimum absolute atomic E-state index is 0. The van der Waals surface area contributed by atoms with E-state index in [-0.39, 0.29) is 94.4 Å². The standard InChI is InChI=1S/CH2BNO3.3Na.H2.3H/c3-1-6-2(4)5;;;;;;;/h4-5H;;;;1H;;;/q;3*+1;;3*-1. The predicted molar refractivity (Wildman–Crippen MR) is 22.3 cm³/mol. The summed E-state index contributed by atoms with van der Waals surface area (Å²) in [7, 11) is -1.96. The van der Waals surface area contributed by atoms with Gasteiger partial charge in [0.15, 0.2) is 0 Å². The maximum atomic E-state index is 7.66. The summed E-state index contributed by atoms with van der Waals surface area (Å²) in [5.74, 6) is 0. The van der Waals surface area contributed by atoms with Gasteiger partial charge in [0.2, 0.25) is 0 Å². The van der Waals surface area contributed by atoms with E-state index in [2.05, 4.69) is 4.65 Å². The van der Waals surface area contributed by atoms with Gasteiger partial charge in [-0.15, -0.1) is 0 Å². The minimum Gasteiger partial charge on any atom is -1.00 e. The van der Waals surface area contributed by atoms with E-state index >= 15 is 0 Å². The van der Waals surface area contributed by atoms with Crippen LogP contribution in [0.15, 0.2) is 0 Å². The molecule has 0 aromatic rings. The van der Waals surface area contributed by atoms with E-state index in [1.807, 2.05) is 0 Å². The summed E-state index contributed by atoms with van der Waals surface area (Å²) in [5, 5.41) is 22.8. The third kappa shape index (κ3) is 25.3. The summed E-state index contributed by atoms with van der Waals surface area (Å²) in [6, 6.07) is 0. The van der Waals surface area contributed by atoms with Gasteiger partial charge in [-0.3, -0.25) is 0 Å². The molecule has 0 aromatic carbocycles. The SMILES string of the molecule is N#COB(O)O.[H-].[H-].[H-].[HH].[Na+].[Na+].[Na+]. The molecule has 40 valence electrons. The van der Waals surface area contributed by atoms with E-state index in [0.717, 1.165) is 6.26 Å². The first-order valence-corrected chi connectivity index (χ1v) is 1.18. The van der Waals surface area contributed by atoms with Gasteiger partial charge in [0.1, 0.15) is 0 Å². The molecule has 8 heteroatoms. The zero-order chi connectivity index (χ0) is 4.99. The third-order valence-electron chi connectivity index (χ3n) is 0.158. The van der Waals surface area contributed by atoms with Crippen LogP contribution in [0.3, 0.4) is 0 Å². The molecule has 0 amide bonds. The largest absolute Gasteiger partial charge is 1.00 e. The molecule has 0 atom stereocenters. The number of nitrogens with zero attached hydrogens (tertiary/aromatic N) is 1. The molecule has 0 aromatic heterocycles. The molecule has 0 saturated heterocycles. The molecule has 0 spiro atoms. The van der Waals surface area contributed by atoms with Crippen LogP contribution in [-0.4, -0.2) is 17.4 Å². The summed E-state index contributed by atoms with van der Waals surface area (Å²) >= 11 is 0. The fourth-order valence-corrected chi connectivity index (χ4v) is 0.0471. The van der Waals surface area contributed by atoms with E-state index in [9.17, 15) is 0 Å². The molecule has 0 fully saturated rings. The van der Waals surface area contributed by atoms with Crippen molar-refractivity contribution in [3.63, 3.8) is 0 Å². The molecular formula is CH7BNNa3O3. The second-order valence-corrected chi connectivity index (χ2v) is 0.535. The summed E-state index contributed by atoms with van der Waals surface area (Å²) in [4.78, 5) is 0. The second kappa shape index (κ2) is 16.7. The number of rotatable bonds is 1. The van der Waals surface area contributed by atoms with Crippen molar-refractivity contribution in [1.82, 2.24) is 0 Å². The van der Waals surface area contributed by atoms with Gasteiger partial charge in [-0.2, -0.15) is 5.26 Å². The zero-order valence-corrected chi connectivity index (χ0v) is 11.8. The van der Waals surface area contributed by atoms with Crippen molar-refractivity contribution >= 4 is 7.32 Å². The second-order valence-electron chi connectivity index (χ2n) is 0.535. The Kier molecular flexibility index (Phi) is 41.7. The first-order valence-electron chi connectivity index (χ1n) is 1.18. The monoisotopic (exact) mass is 161 g/mol. The summed E-state index contributed by atoms with van der Waals surface area (Å²) in [5.41, 5.74) is 0. The Bertz CT molecular complexity index is 85.5. The average molecular weight is 161 g/mol. The Balaban J connectivity index is -0.00000000595. The molecule has 4 nitrogen and oxygen atoms in total. The third-order valence-corrected chi connectivity index (χ3v) is 0.158. The minimum atomic E-state index is -1.96. The maximum Gasteiger partial charge on any atom is 1.00 e. The first kappa shape index (κ1) is 22.5. The normalized spacial score (nSPS) is 4.11. The van der Waals surface area contributed by atoms with Gasteiger partial charge in [-0.05, 0) is 0 Å². The molecule has 0 rings (SSSR count). The topological polar surface area (TPSA) is 73.5 Å². The van der Waals surface area contributed by atoms with Crippen LogP contribution in [0.25, 0.3) is 0 Å². The molecule has 0 aliphatic rings. The average Bonchev–Trinajstić information content (AvgIpc) is 1.35. The molecule has 0 heterocycles. The van der Waals surface area contributed by atoms with Crippen molar-refractivity contribution in [2.45, 2.75) is 0 Å². The summed E-state index contributed by atoms with van der Waals surface area (Å²) in [6.45, 7) is 0. The fourth-order valence-electron chi connectivity index (χ4n) is 0.0471. The summed E-state index contributed by atoms with van der Waals surface area (Å²) < 4.78 is 3.46. The van der Waals surface area contributed by atoms with Gasteiger partial charge in [0.05, 0.1) is 0 Å². The molecule has 0 bridgehead atoms. The van der Waals surface area contributed by atoms with Crippen molar-refractivity contribution in [2.75, 3.05) is 0 Å². The van der Waals surface area contributed by atoms with Crippen LogP contribution in [-0.2, 0) is 4.65 Å². The van der Waals surface area contributed by atoms with Crippen LogP contribution < -0.4 is 88.7 Å². The van der Waals surface area contributed by atoms with Crippen LogP contribution >= 0.6 is 0 Å². The smallest absolute Gasteiger partial charge is 1.00 e. The Morgan fingerprint density at radius 3 is 1.78 bits per heavy atom. The van der Waals surface area contributed by atoms with Gasteiger partial charge < -0.3 is 19.0 Å². The molecule has 0 unspecified atom stereocenters. The quantitative estimate of drug-likeness (QED) is 0.295. The first-order chi connectivity index (χ1) is 2.77. The molecule has 0 radical (unpaired) electrons. The van der Waals surface area contributed by atoms with E-state index in [1.54, 1.807) is 0 Å². The molecule has 0 saturated carbocycles. The van der Waals surface area contributed by atoms with Crippen molar-refractivity contribution in [3.8, 4) is 6.26 Å². The Hall–Kier alpha value is 2.27. The Labute approximate surface area is 126 Å². The molecule has 0 aliphatic heterocycles. The van der Waals surface area contributed by atoms with Gasteiger partial charge >= 0.3 is 96.0 Å². The predicted octanol–water partition coefficient (Wildman–Crippen LogP) is -9.95. The molecular weight excluding hydrogens is 154 g/mol. The number of hydrogen-bond acceptors (Lipinski definition) is 4. The van der Waals surface area contributed by atoms with Crippen LogP contribution in [0.1, 0.15) is 5.71 Å². The van der Waals surface area contributed by atoms with E-state index in [1.165, 1.54) is 0 Å². The van der Waals surface area contributed by atoms with Crippen molar-refractivity contribution < 1.29 is 109 Å². The van der Waals surface area contributed by atoms with E-state index < -0.39 is 7.32 Å². The molecule has 0 aliphatic carbocycles. The van der Waals surface area contributed by atoms with Gasteiger partial charge in [0, 0.05) is 1.43 Å². The van der Waals surface area contributed by atoms with Gasteiger partial charge in [-0.1, -0.05) is 0 Å². The van der Waals surface area contributed by atoms with Crippen LogP contribution in [0.5, 0.6) is 0 Å². The number of hydrogen-bond donors (Lipinski definition) is 2. The molecule has 2 N–H and O–H groups in total. The summed E-state index contributed by atoms with van der Waals surface area (Å²) in [6.07, 6.45) is 1.07. The zero-order valence-electron chi connectivity index (χ0n) is 8.83. The van der Waals surface area contributed by atoms with Crippen molar-refractivity contribution in [2.24, 2.45) is 0 Å². The molecule has 9 heavy (non-hydrogen) atoms. The van der Waals surface area contributed by atoms with Crippen LogP contribution in [0.4, 0.5) is 0 Å².